The van der Waals surface area contributed by atoms with Gasteiger partial charge in [0, 0.05) is 45.8 Å². The van der Waals surface area contributed by atoms with E-state index in [2.05, 4.69) is 11.8 Å². The summed E-state index contributed by atoms with van der Waals surface area (Å²) in [6, 6.07) is 6.18. The Balaban J connectivity index is 2.04. The molecule has 0 aromatic heterocycles. The van der Waals surface area contributed by atoms with Gasteiger partial charge in [-0.2, -0.15) is 0 Å². The molecule has 1 aliphatic rings. The molecule has 1 amide bonds. The lowest BCUT2D eigenvalue weighted by Crippen LogP contribution is -2.48. The fraction of sp³-hybridized carbons (Fsp3) is 0.562. The van der Waals surface area contributed by atoms with Crippen LogP contribution in [0.25, 0.3) is 0 Å². The molecule has 6 nitrogen and oxygen atoms in total. The Kier molecular flexibility index (Phi) is 5.78. The molecule has 1 saturated heterocycles. The highest BCUT2D eigenvalue weighted by Gasteiger charge is 2.23. The zero-order chi connectivity index (χ0) is 17.0. The van der Waals surface area contributed by atoms with Crippen molar-refractivity contribution in [3.05, 3.63) is 29.8 Å². The molecular weight excluding hydrogens is 314 g/mol. The second kappa shape index (κ2) is 7.42. The average Bonchev–Trinajstić information content (AvgIpc) is 2.55. The van der Waals surface area contributed by atoms with E-state index in [0.29, 0.717) is 5.56 Å². The molecule has 7 heteroatoms. The van der Waals surface area contributed by atoms with Crippen molar-refractivity contribution in [2.75, 3.05) is 46.8 Å². The third-order valence-electron chi connectivity index (χ3n) is 4.08. The smallest absolute Gasteiger partial charge is 0.253 e. The molecule has 0 atom stereocenters. The molecule has 0 saturated carbocycles. The van der Waals surface area contributed by atoms with Gasteiger partial charge in [0.25, 0.3) is 5.91 Å². The number of amides is 1. The van der Waals surface area contributed by atoms with E-state index in [9.17, 15) is 13.2 Å². The van der Waals surface area contributed by atoms with Crippen LogP contribution in [0.5, 0.6) is 0 Å². The number of hydrogen-bond donors (Lipinski definition) is 0. The summed E-state index contributed by atoms with van der Waals surface area (Å²) in [6.07, 6.45) is 1.12. The third kappa shape index (κ3) is 4.10. The van der Waals surface area contributed by atoms with E-state index in [1.54, 1.807) is 12.1 Å². The maximum Gasteiger partial charge on any atom is 0.253 e. The zero-order valence-electron chi connectivity index (χ0n) is 14.0. The van der Waals surface area contributed by atoms with Gasteiger partial charge in [0.1, 0.15) is 0 Å². The summed E-state index contributed by atoms with van der Waals surface area (Å²) in [5.41, 5.74) is 0.534. The Morgan fingerprint density at radius 3 is 2.13 bits per heavy atom. The van der Waals surface area contributed by atoms with Crippen LogP contribution in [0, 0.1) is 0 Å². The van der Waals surface area contributed by atoms with Gasteiger partial charge in [-0.15, -0.1) is 0 Å². The summed E-state index contributed by atoms with van der Waals surface area (Å²) in [4.78, 5) is 16.9. The molecule has 1 aromatic carbocycles. The number of carbonyl (C=O) groups excluding carboxylic acids is 1. The monoisotopic (exact) mass is 339 g/mol. The zero-order valence-corrected chi connectivity index (χ0v) is 14.8. The van der Waals surface area contributed by atoms with Crippen molar-refractivity contribution in [2.45, 2.75) is 18.2 Å². The first-order valence-electron chi connectivity index (χ1n) is 7.90. The van der Waals surface area contributed by atoms with E-state index in [-0.39, 0.29) is 10.8 Å². The summed E-state index contributed by atoms with van der Waals surface area (Å²) in [5, 5.41) is 0. The van der Waals surface area contributed by atoms with Gasteiger partial charge in [0.05, 0.1) is 4.90 Å². The van der Waals surface area contributed by atoms with Gasteiger partial charge >= 0.3 is 0 Å². The summed E-state index contributed by atoms with van der Waals surface area (Å²) in [6.45, 7) is 6.45. The Hall–Kier alpha value is -1.44. The second-order valence-electron chi connectivity index (χ2n) is 5.95. The number of nitrogens with zero attached hydrogens (tertiary/aromatic N) is 3. The van der Waals surface area contributed by atoms with Gasteiger partial charge in [-0.1, -0.05) is 6.92 Å². The number of benzene rings is 1. The number of rotatable bonds is 5. The topological polar surface area (TPSA) is 60.9 Å². The van der Waals surface area contributed by atoms with Gasteiger partial charge in [0.2, 0.25) is 10.0 Å². The second-order valence-corrected chi connectivity index (χ2v) is 8.10. The number of sulfonamides is 1. The van der Waals surface area contributed by atoms with Crippen LogP contribution in [0.4, 0.5) is 0 Å². The standard InChI is InChI=1S/C16H25N3O3S/c1-4-9-18-10-12-19(13-11-18)16(20)14-5-7-15(8-6-14)23(21,22)17(2)3/h5-8H,4,9-13H2,1-3H3. The molecule has 2 rings (SSSR count). The molecule has 1 aliphatic heterocycles. The fourth-order valence-corrected chi connectivity index (χ4v) is 3.56. The summed E-state index contributed by atoms with van der Waals surface area (Å²) in [7, 11) is -0.476. The molecule has 1 fully saturated rings. The predicted molar refractivity (Wildman–Crippen MR) is 89.9 cm³/mol. The van der Waals surface area contributed by atoms with Crippen molar-refractivity contribution < 1.29 is 13.2 Å². The highest BCUT2D eigenvalue weighted by atomic mass is 32.2. The van der Waals surface area contributed by atoms with Crippen LogP contribution in [-0.4, -0.2) is 75.2 Å². The lowest BCUT2D eigenvalue weighted by Gasteiger charge is -2.34. The van der Waals surface area contributed by atoms with Gasteiger partial charge in [0.15, 0.2) is 0 Å². The lowest BCUT2D eigenvalue weighted by molar-refractivity contribution is 0.0637. The fourth-order valence-electron chi connectivity index (χ4n) is 2.65. The Bertz CT molecular complexity index is 633. The molecule has 1 heterocycles. The molecule has 0 bridgehead atoms. The first-order chi connectivity index (χ1) is 10.9. The van der Waals surface area contributed by atoms with Crippen molar-refractivity contribution in [3.8, 4) is 0 Å². The highest BCUT2D eigenvalue weighted by molar-refractivity contribution is 7.89. The third-order valence-corrected chi connectivity index (χ3v) is 5.91. The van der Waals surface area contributed by atoms with Crippen molar-refractivity contribution in [1.29, 1.82) is 0 Å². The normalized spacial score (nSPS) is 16.8. The molecule has 1 aromatic rings. The van der Waals surface area contributed by atoms with E-state index in [4.69, 9.17) is 0 Å². The van der Waals surface area contributed by atoms with Crippen LogP contribution in [0.1, 0.15) is 23.7 Å². The minimum atomic E-state index is -3.46. The summed E-state index contributed by atoms with van der Waals surface area (Å²) >= 11 is 0. The van der Waals surface area contributed by atoms with Gasteiger partial charge in [-0.05, 0) is 37.2 Å². The van der Waals surface area contributed by atoms with E-state index >= 15 is 0 Å². The Morgan fingerprint density at radius 1 is 1.09 bits per heavy atom. The van der Waals surface area contributed by atoms with Crippen LogP contribution in [-0.2, 0) is 10.0 Å². The van der Waals surface area contributed by atoms with Crippen molar-refractivity contribution in [3.63, 3.8) is 0 Å². The van der Waals surface area contributed by atoms with Gasteiger partial charge in [-0.3, -0.25) is 9.69 Å². The van der Waals surface area contributed by atoms with Crippen molar-refractivity contribution in [2.24, 2.45) is 0 Å². The van der Waals surface area contributed by atoms with Gasteiger partial charge < -0.3 is 4.90 Å². The molecule has 0 aliphatic carbocycles. The van der Waals surface area contributed by atoms with Crippen molar-refractivity contribution >= 4 is 15.9 Å². The Morgan fingerprint density at radius 2 is 1.65 bits per heavy atom. The van der Waals surface area contributed by atoms with Crippen LogP contribution < -0.4 is 0 Å². The van der Waals surface area contributed by atoms with E-state index in [1.165, 1.54) is 26.2 Å². The summed E-state index contributed by atoms with van der Waals surface area (Å²) < 4.78 is 25.2. The highest BCUT2D eigenvalue weighted by Crippen LogP contribution is 2.16. The van der Waals surface area contributed by atoms with Crippen LogP contribution in [0.15, 0.2) is 29.2 Å². The molecule has 23 heavy (non-hydrogen) atoms. The van der Waals surface area contributed by atoms with E-state index in [0.717, 1.165) is 43.4 Å². The average molecular weight is 339 g/mol. The summed E-state index contributed by atoms with van der Waals surface area (Å²) in [5.74, 6) is -0.0325. The number of piperazine rings is 1. The maximum absolute atomic E-state index is 12.5. The minimum absolute atomic E-state index is 0.0325. The first-order valence-corrected chi connectivity index (χ1v) is 9.34. The molecular formula is C16H25N3O3S. The number of hydrogen-bond acceptors (Lipinski definition) is 4. The van der Waals surface area contributed by atoms with Crippen LogP contribution >= 0.6 is 0 Å². The molecule has 128 valence electrons. The lowest BCUT2D eigenvalue weighted by atomic mass is 10.2. The van der Waals surface area contributed by atoms with E-state index in [1.807, 2.05) is 4.90 Å². The molecule has 0 N–H and O–H groups in total. The molecule has 0 radical (unpaired) electrons. The van der Waals surface area contributed by atoms with Crippen LogP contribution in [0.3, 0.4) is 0 Å². The largest absolute Gasteiger partial charge is 0.336 e. The molecule has 0 unspecified atom stereocenters. The Labute approximate surface area is 138 Å². The van der Waals surface area contributed by atoms with E-state index < -0.39 is 10.0 Å². The predicted octanol–water partition coefficient (Wildman–Crippen LogP) is 1.10. The van der Waals surface area contributed by atoms with Crippen LogP contribution in [0.2, 0.25) is 0 Å². The molecule has 0 spiro atoms. The first kappa shape index (κ1) is 17.9. The van der Waals surface area contributed by atoms with Gasteiger partial charge in [-0.25, -0.2) is 12.7 Å². The number of carbonyl (C=O) groups is 1. The van der Waals surface area contributed by atoms with Crippen molar-refractivity contribution in [1.82, 2.24) is 14.1 Å². The quantitative estimate of drug-likeness (QED) is 0.806. The maximum atomic E-state index is 12.5. The minimum Gasteiger partial charge on any atom is -0.336 e. The SMILES string of the molecule is CCCN1CCN(C(=O)c2ccc(S(=O)(=O)N(C)C)cc2)CC1.